The molecule has 2 aromatic carbocycles. The third-order valence-corrected chi connectivity index (χ3v) is 3.57. The Bertz CT molecular complexity index is 651. The van der Waals surface area contributed by atoms with E-state index in [9.17, 15) is 9.90 Å². The van der Waals surface area contributed by atoms with Crippen LogP contribution in [-0.4, -0.2) is 55.3 Å². The van der Waals surface area contributed by atoms with Gasteiger partial charge in [0.15, 0.2) is 0 Å². The summed E-state index contributed by atoms with van der Waals surface area (Å²) in [5, 5.41) is 15.3. The van der Waals surface area contributed by atoms with E-state index in [-0.39, 0.29) is 5.91 Å². The van der Waals surface area contributed by atoms with Gasteiger partial charge < -0.3 is 20.1 Å². The second-order valence-corrected chi connectivity index (χ2v) is 6.42. The van der Waals surface area contributed by atoms with Crippen LogP contribution in [-0.2, 0) is 4.79 Å². The summed E-state index contributed by atoms with van der Waals surface area (Å²) in [6.07, 6.45) is -0.499. The van der Waals surface area contributed by atoms with E-state index in [2.05, 4.69) is 31.3 Å². The highest BCUT2D eigenvalue weighted by molar-refractivity contribution is 5.88. The summed E-state index contributed by atoms with van der Waals surface area (Å²) in [5.41, 5.74) is 0. The lowest BCUT2D eigenvalue weighted by Gasteiger charge is -2.15. The summed E-state index contributed by atoms with van der Waals surface area (Å²) in [5.74, 6) is 0.914. The van der Waals surface area contributed by atoms with Gasteiger partial charge in [0.25, 0.3) is 0 Å². The first-order chi connectivity index (χ1) is 11.8. The first-order valence-corrected chi connectivity index (χ1v) is 8.51. The van der Waals surface area contributed by atoms with E-state index in [1.165, 1.54) is 11.8 Å². The fraction of sp³-hybridized carbons (Fsp3) is 0.450. The van der Waals surface area contributed by atoms with Crippen LogP contribution in [0, 0.1) is 0 Å². The van der Waals surface area contributed by atoms with Gasteiger partial charge >= 0.3 is 0 Å². The summed E-state index contributed by atoms with van der Waals surface area (Å²) in [4.78, 5) is 11.6. The maximum Gasteiger partial charge on any atom is 0.218 e. The topological polar surface area (TPSA) is 61.8 Å². The molecule has 1 unspecified atom stereocenters. The molecule has 0 aliphatic carbocycles. The van der Waals surface area contributed by atoms with E-state index < -0.39 is 6.10 Å². The van der Waals surface area contributed by atoms with Crippen molar-refractivity contribution in [1.82, 2.24) is 10.2 Å². The molecule has 0 aliphatic rings. The third kappa shape index (κ3) is 8.01. The van der Waals surface area contributed by atoms with E-state index in [0.29, 0.717) is 19.2 Å². The number of benzene rings is 2. The monoisotopic (exact) mass is 346 g/mol. The molecule has 0 fully saturated rings. The highest BCUT2D eigenvalue weighted by Gasteiger charge is 2.07. The summed E-state index contributed by atoms with van der Waals surface area (Å²) in [6.45, 7) is 6.48. The number of amides is 1. The van der Waals surface area contributed by atoms with Crippen LogP contribution in [0.4, 0.5) is 0 Å². The zero-order chi connectivity index (χ0) is 18.8. The van der Waals surface area contributed by atoms with Crippen LogP contribution in [0.1, 0.15) is 20.8 Å². The lowest BCUT2D eigenvalue weighted by Crippen LogP contribution is -2.35. The Balaban J connectivity index is 0.000000450. The number of ether oxygens (including phenoxy) is 1. The highest BCUT2D eigenvalue weighted by atomic mass is 16.5. The highest BCUT2D eigenvalue weighted by Crippen LogP contribution is 2.25. The van der Waals surface area contributed by atoms with Crippen molar-refractivity contribution < 1.29 is 14.6 Å². The zero-order valence-electron chi connectivity index (χ0n) is 15.8. The standard InChI is InChI=1S/C16H21NO2.C4H9NO/c1-12(2)17-10-14(18)11-19-16-9-5-7-13-6-3-4-8-15(13)16;1-4(6)5(2)3/h3-9,12,14,17-18H,10-11H2,1-2H3;1-3H3. The average Bonchev–Trinajstić information content (AvgIpc) is 2.58. The van der Waals surface area contributed by atoms with Gasteiger partial charge in [-0.25, -0.2) is 0 Å². The van der Waals surface area contributed by atoms with Gasteiger partial charge in [0.1, 0.15) is 18.5 Å². The number of fused-ring (bicyclic) bond motifs is 1. The molecule has 5 nitrogen and oxygen atoms in total. The van der Waals surface area contributed by atoms with Crippen LogP contribution in [0.15, 0.2) is 42.5 Å². The lowest BCUT2D eigenvalue weighted by atomic mass is 10.1. The molecule has 0 radical (unpaired) electrons. The number of aliphatic hydroxyl groups is 1. The molecule has 1 amide bonds. The van der Waals surface area contributed by atoms with Crippen molar-refractivity contribution in [2.45, 2.75) is 32.9 Å². The van der Waals surface area contributed by atoms with Crippen molar-refractivity contribution in [1.29, 1.82) is 0 Å². The minimum Gasteiger partial charge on any atom is -0.490 e. The van der Waals surface area contributed by atoms with Crippen LogP contribution >= 0.6 is 0 Å². The summed E-state index contributed by atoms with van der Waals surface area (Å²) >= 11 is 0. The van der Waals surface area contributed by atoms with Gasteiger partial charge in [-0.15, -0.1) is 0 Å². The molecule has 0 saturated carbocycles. The maximum absolute atomic E-state index is 10.1. The fourth-order valence-corrected chi connectivity index (χ4v) is 1.94. The van der Waals surface area contributed by atoms with Gasteiger partial charge in [-0.1, -0.05) is 50.2 Å². The van der Waals surface area contributed by atoms with Crippen LogP contribution in [0.5, 0.6) is 5.75 Å². The first-order valence-electron chi connectivity index (χ1n) is 8.51. The molecule has 1 atom stereocenters. The Hall–Kier alpha value is -2.11. The van der Waals surface area contributed by atoms with E-state index in [4.69, 9.17) is 4.74 Å². The van der Waals surface area contributed by atoms with Gasteiger partial charge in [-0.3, -0.25) is 4.79 Å². The second kappa shape index (κ2) is 10.7. The van der Waals surface area contributed by atoms with Crippen molar-refractivity contribution in [2.75, 3.05) is 27.2 Å². The van der Waals surface area contributed by atoms with E-state index in [0.717, 1.165) is 16.5 Å². The van der Waals surface area contributed by atoms with Gasteiger partial charge in [-0.2, -0.15) is 0 Å². The van der Waals surface area contributed by atoms with E-state index in [1.54, 1.807) is 14.1 Å². The Morgan fingerprint density at radius 2 is 1.76 bits per heavy atom. The predicted molar refractivity (Wildman–Crippen MR) is 103 cm³/mol. The van der Waals surface area contributed by atoms with Gasteiger partial charge in [-0.05, 0) is 11.5 Å². The Morgan fingerprint density at radius 3 is 2.36 bits per heavy atom. The minimum absolute atomic E-state index is 0.0926. The van der Waals surface area contributed by atoms with Gasteiger partial charge in [0.2, 0.25) is 5.91 Å². The Morgan fingerprint density at radius 1 is 1.16 bits per heavy atom. The van der Waals surface area contributed by atoms with Crippen molar-refractivity contribution in [3.8, 4) is 5.75 Å². The number of nitrogens with one attached hydrogen (secondary N) is 1. The largest absolute Gasteiger partial charge is 0.490 e. The minimum atomic E-state index is -0.499. The second-order valence-electron chi connectivity index (χ2n) is 6.42. The predicted octanol–water partition coefficient (Wildman–Crippen LogP) is 2.67. The summed E-state index contributed by atoms with van der Waals surface area (Å²) < 4.78 is 5.72. The van der Waals surface area contributed by atoms with Gasteiger partial charge in [0, 0.05) is 39.0 Å². The number of hydrogen-bond donors (Lipinski definition) is 2. The molecule has 0 spiro atoms. The molecule has 0 saturated heterocycles. The number of carbonyl (C=O) groups is 1. The lowest BCUT2D eigenvalue weighted by molar-refractivity contribution is -0.126. The number of carbonyl (C=O) groups excluding carboxylic acids is 1. The van der Waals surface area contributed by atoms with Crippen molar-refractivity contribution in [3.63, 3.8) is 0 Å². The number of rotatable bonds is 6. The number of hydrogen-bond acceptors (Lipinski definition) is 4. The van der Waals surface area contributed by atoms with Crippen LogP contribution < -0.4 is 10.1 Å². The molecule has 2 rings (SSSR count). The molecule has 2 aromatic rings. The molecule has 5 heteroatoms. The molecule has 0 heterocycles. The molecular weight excluding hydrogens is 316 g/mol. The molecule has 0 bridgehead atoms. The third-order valence-electron chi connectivity index (χ3n) is 3.57. The molecule has 25 heavy (non-hydrogen) atoms. The van der Waals surface area contributed by atoms with Crippen molar-refractivity contribution in [2.24, 2.45) is 0 Å². The van der Waals surface area contributed by atoms with Crippen molar-refractivity contribution in [3.05, 3.63) is 42.5 Å². The molecule has 0 aliphatic heterocycles. The van der Waals surface area contributed by atoms with Crippen LogP contribution in [0.3, 0.4) is 0 Å². The zero-order valence-corrected chi connectivity index (χ0v) is 15.8. The molecule has 0 aromatic heterocycles. The smallest absolute Gasteiger partial charge is 0.218 e. The molecular formula is C20H30N2O3. The van der Waals surface area contributed by atoms with Crippen molar-refractivity contribution >= 4 is 16.7 Å². The fourth-order valence-electron chi connectivity index (χ4n) is 1.94. The van der Waals surface area contributed by atoms with E-state index in [1.807, 2.05) is 30.3 Å². The summed E-state index contributed by atoms with van der Waals surface area (Å²) in [7, 11) is 3.45. The maximum atomic E-state index is 10.1. The summed E-state index contributed by atoms with van der Waals surface area (Å²) in [6, 6.07) is 14.4. The Labute approximate surface area is 150 Å². The van der Waals surface area contributed by atoms with E-state index >= 15 is 0 Å². The molecule has 138 valence electrons. The molecule has 2 N–H and O–H groups in total. The first kappa shape index (κ1) is 20.9. The van der Waals surface area contributed by atoms with Gasteiger partial charge in [0.05, 0.1) is 0 Å². The number of nitrogens with zero attached hydrogens (tertiary/aromatic N) is 1. The van der Waals surface area contributed by atoms with Crippen LogP contribution in [0.2, 0.25) is 0 Å². The number of aliphatic hydroxyl groups excluding tert-OH is 1. The Kier molecular flexibility index (Phi) is 8.95. The average molecular weight is 346 g/mol. The quantitative estimate of drug-likeness (QED) is 0.844. The normalized spacial score (nSPS) is 11.6. The SMILES string of the molecule is CC(=O)N(C)C.CC(C)NCC(O)COc1cccc2ccccc12. The van der Waals surface area contributed by atoms with Crippen LogP contribution in [0.25, 0.3) is 10.8 Å².